The van der Waals surface area contributed by atoms with Crippen LogP contribution in [0.15, 0.2) is 18.3 Å². The zero-order valence-corrected chi connectivity index (χ0v) is 12.0. The molecule has 0 aliphatic carbocycles. The van der Waals surface area contributed by atoms with Gasteiger partial charge in [0.05, 0.1) is 25.0 Å². The predicted octanol–water partition coefficient (Wildman–Crippen LogP) is -0.244. The molecule has 3 N–H and O–H groups in total. The van der Waals surface area contributed by atoms with Crippen molar-refractivity contribution in [2.45, 2.75) is 13.0 Å². The van der Waals surface area contributed by atoms with Crippen LogP contribution in [0.25, 0.3) is 5.65 Å². The number of hydrogen-bond acceptors (Lipinski definition) is 5. The van der Waals surface area contributed by atoms with Gasteiger partial charge < -0.3 is 20.7 Å². The first-order chi connectivity index (χ1) is 10.5. The van der Waals surface area contributed by atoms with Gasteiger partial charge in [0, 0.05) is 6.54 Å². The number of fused-ring (bicyclic) bond motifs is 1. The molecule has 3 rings (SSSR count). The summed E-state index contributed by atoms with van der Waals surface area (Å²) in [6.07, 6.45) is 0.916. The Labute approximate surface area is 126 Å². The predicted molar refractivity (Wildman–Crippen MR) is 77.3 cm³/mol. The van der Waals surface area contributed by atoms with Crippen LogP contribution >= 0.6 is 0 Å². The highest BCUT2D eigenvalue weighted by Gasteiger charge is 2.27. The summed E-state index contributed by atoms with van der Waals surface area (Å²) < 4.78 is 6.81. The molecule has 0 bridgehead atoms. The lowest BCUT2D eigenvalue weighted by atomic mass is 10.2. The molecule has 9 nitrogen and oxygen atoms in total. The maximum atomic E-state index is 12.2. The third-order valence-electron chi connectivity index (χ3n) is 3.36. The average Bonchev–Trinajstić information content (AvgIpc) is 2.86. The monoisotopic (exact) mass is 304 g/mol. The molecule has 1 unspecified atom stereocenters. The molecular formula is C13H16N6O3. The van der Waals surface area contributed by atoms with Gasteiger partial charge in [0.25, 0.3) is 0 Å². The minimum Gasteiger partial charge on any atom is -0.367 e. The topological polar surface area (TPSA) is 115 Å². The fourth-order valence-corrected chi connectivity index (χ4v) is 2.28. The molecule has 2 aromatic heterocycles. The summed E-state index contributed by atoms with van der Waals surface area (Å²) >= 11 is 0. The smallest absolute Gasteiger partial charge is 0.322 e. The van der Waals surface area contributed by atoms with Crippen molar-refractivity contribution in [3.63, 3.8) is 0 Å². The first-order valence-electron chi connectivity index (χ1n) is 6.83. The van der Waals surface area contributed by atoms with Crippen molar-refractivity contribution in [3.05, 3.63) is 24.2 Å². The summed E-state index contributed by atoms with van der Waals surface area (Å²) in [7, 11) is 0. The van der Waals surface area contributed by atoms with Gasteiger partial charge in [-0.2, -0.15) is 5.10 Å². The van der Waals surface area contributed by atoms with Crippen molar-refractivity contribution in [1.29, 1.82) is 0 Å². The average molecular weight is 304 g/mol. The summed E-state index contributed by atoms with van der Waals surface area (Å²) in [4.78, 5) is 29.1. The van der Waals surface area contributed by atoms with Crippen LogP contribution in [0.4, 0.5) is 10.5 Å². The van der Waals surface area contributed by atoms with E-state index in [0.717, 1.165) is 0 Å². The second-order valence-corrected chi connectivity index (χ2v) is 5.02. The van der Waals surface area contributed by atoms with Crippen LogP contribution in [0.3, 0.4) is 0 Å². The van der Waals surface area contributed by atoms with E-state index in [1.165, 1.54) is 4.90 Å². The third kappa shape index (κ3) is 2.84. The van der Waals surface area contributed by atoms with Crippen molar-refractivity contribution in [2.24, 2.45) is 5.73 Å². The van der Waals surface area contributed by atoms with Gasteiger partial charge in [-0.15, -0.1) is 0 Å². The second-order valence-electron chi connectivity index (χ2n) is 5.02. The fourth-order valence-electron chi connectivity index (χ4n) is 2.28. The highest BCUT2D eigenvalue weighted by Crippen LogP contribution is 2.12. The molecule has 0 aromatic carbocycles. The maximum absolute atomic E-state index is 12.2. The number of amides is 3. The molecule has 1 aliphatic heterocycles. The van der Waals surface area contributed by atoms with E-state index in [1.54, 1.807) is 29.8 Å². The van der Waals surface area contributed by atoms with E-state index in [0.29, 0.717) is 23.7 Å². The number of nitrogens with two attached hydrogens (primary N) is 1. The SMILES string of the molecule is Cc1nc2ccc(NC(=O)N3CCOC(C(N)=O)C3)cn2n1. The zero-order chi connectivity index (χ0) is 15.7. The lowest BCUT2D eigenvalue weighted by Crippen LogP contribution is -2.51. The minimum atomic E-state index is -0.764. The van der Waals surface area contributed by atoms with E-state index in [1.807, 2.05) is 0 Å². The summed E-state index contributed by atoms with van der Waals surface area (Å²) in [5.74, 6) is 0.0815. The summed E-state index contributed by atoms with van der Waals surface area (Å²) in [5, 5.41) is 6.95. The van der Waals surface area contributed by atoms with Crippen LogP contribution in [-0.2, 0) is 9.53 Å². The van der Waals surface area contributed by atoms with Crippen molar-refractivity contribution >= 4 is 23.3 Å². The Bertz CT molecular complexity index is 728. The Morgan fingerprint density at radius 3 is 3.05 bits per heavy atom. The molecule has 1 saturated heterocycles. The quantitative estimate of drug-likeness (QED) is 0.794. The zero-order valence-electron chi connectivity index (χ0n) is 12.0. The number of urea groups is 1. The molecular weight excluding hydrogens is 288 g/mol. The highest BCUT2D eigenvalue weighted by atomic mass is 16.5. The molecule has 3 heterocycles. The largest absolute Gasteiger partial charge is 0.367 e. The van der Waals surface area contributed by atoms with Crippen molar-refractivity contribution < 1.29 is 14.3 Å². The Balaban J connectivity index is 1.70. The lowest BCUT2D eigenvalue weighted by molar-refractivity contribution is -0.133. The van der Waals surface area contributed by atoms with Gasteiger partial charge in [-0.1, -0.05) is 0 Å². The fraction of sp³-hybridized carbons (Fsp3) is 0.385. The highest BCUT2D eigenvalue weighted by molar-refractivity contribution is 5.90. The van der Waals surface area contributed by atoms with Crippen LogP contribution in [-0.4, -0.2) is 57.2 Å². The molecule has 9 heteroatoms. The van der Waals surface area contributed by atoms with E-state index >= 15 is 0 Å². The number of carbonyl (C=O) groups excluding carboxylic acids is 2. The number of carbonyl (C=O) groups is 2. The van der Waals surface area contributed by atoms with Crippen molar-refractivity contribution in [2.75, 3.05) is 25.0 Å². The number of nitrogens with one attached hydrogen (secondary N) is 1. The number of hydrogen-bond donors (Lipinski definition) is 2. The number of morpholine rings is 1. The Kier molecular flexibility index (Phi) is 3.63. The van der Waals surface area contributed by atoms with E-state index in [2.05, 4.69) is 15.4 Å². The molecule has 3 amide bonds. The van der Waals surface area contributed by atoms with E-state index in [4.69, 9.17) is 10.5 Å². The van der Waals surface area contributed by atoms with Crippen molar-refractivity contribution in [3.8, 4) is 0 Å². The van der Waals surface area contributed by atoms with E-state index in [9.17, 15) is 9.59 Å². The van der Waals surface area contributed by atoms with Gasteiger partial charge in [0.2, 0.25) is 5.91 Å². The number of aryl methyl sites for hydroxylation is 1. The first kappa shape index (κ1) is 14.3. The first-order valence-corrected chi connectivity index (χ1v) is 6.83. The Morgan fingerprint density at radius 1 is 1.45 bits per heavy atom. The number of primary amides is 1. The molecule has 0 saturated carbocycles. The van der Waals surface area contributed by atoms with Gasteiger partial charge >= 0.3 is 6.03 Å². The molecule has 22 heavy (non-hydrogen) atoms. The maximum Gasteiger partial charge on any atom is 0.322 e. The normalized spacial score (nSPS) is 18.4. The summed E-state index contributed by atoms with van der Waals surface area (Å²) in [6.45, 7) is 2.62. The second kappa shape index (κ2) is 5.60. The van der Waals surface area contributed by atoms with E-state index in [-0.39, 0.29) is 19.2 Å². The van der Waals surface area contributed by atoms with Crippen LogP contribution in [0.2, 0.25) is 0 Å². The number of aromatic nitrogens is 3. The number of ether oxygens (including phenoxy) is 1. The van der Waals surface area contributed by atoms with Crippen LogP contribution in [0.1, 0.15) is 5.82 Å². The number of nitrogens with zero attached hydrogens (tertiary/aromatic N) is 4. The molecule has 0 spiro atoms. The van der Waals surface area contributed by atoms with Gasteiger partial charge in [-0.05, 0) is 19.1 Å². The third-order valence-corrected chi connectivity index (χ3v) is 3.36. The molecule has 1 atom stereocenters. The number of anilines is 1. The minimum absolute atomic E-state index is 0.145. The van der Waals surface area contributed by atoms with E-state index < -0.39 is 12.0 Å². The molecule has 1 aliphatic rings. The summed E-state index contributed by atoms with van der Waals surface area (Å²) in [5.41, 5.74) is 6.50. The molecule has 116 valence electrons. The Morgan fingerprint density at radius 2 is 2.27 bits per heavy atom. The van der Waals surface area contributed by atoms with Crippen LogP contribution in [0.5, 0.6) is 0 Å². The standard InChI is InChI=1S/C13H16N6O3/c1-8-15-11-3-2-9(6-19(11)17-8)16-13(21)18-4-5-22-10(7-18)12(14)20/h2-3,6,10H,4-5,7H2,1H3,(H2,14,20)(H,16,21). The van der Waals surface area contributed by atoms with Gasteiger partial charge in [-0.3, -0.25) is 4.79 Å². The van der Waals surface area contributed by atoms with Crippen molar-refractivity contribution in [1.82, 2.24) is 19.5 Å². The molecule has 1 fully saturated rings. The van der Waals surface area contributed by atoms with Crippen LogP contribution in [0, 0.1) is 6.92 Å². The van der Waals surface area contributed by atoms with Crippen LogP contribution < -0.4 is 11.1 Å². The molecule has 2 aromatic rings. The lowest BCUT2D eigenvalue weighted by Gasteiger charge is -2.31. The molecule has 0 radical (unpaired) electrons. The van der Waals surface area contributed by atoms with Gasteiger partial charge in [-0.25, -0.2) is 14.3 Å². The van der Waals surface area contributed by atoms with Gasteiger partial charge in [0.15, 0.2) is 11.8 Å². The summed E-state index contributed by atoms with van der Waals surface area (Å²) in [6, 6.07) is 3.19. The Hall–Kier alpha value is -2.68. The van der Waals surface area contributed by atoms with Gasteiger partial charge in [0.1, 0.15) is 5.82 Å². The number of pyridine rings is 1. The number of rotatable bonds is 2.